The molecular weight excluding hydrogens is 340 g/mol. The van der Waals surface area contributed by atoms with Crippen molar-refractivity contribution >= 4 is 23.6 Å². The Labute approximate surface area is 153 Å². The van der Waals surface area contributed by atoms with E-state index in [1.54, 1.807) is 39.8 Å². The van der Waals surface area contributed by atoms with Gasteiger partial charge in [0, 0.05) is 19.2 Å². The molecule has 1 heterocycles. The third-order valence-corrected chi connectivity index (χ3v) is 2.89. The summed E-state index contributed by atoms with van der Waals surface area (Å²) >= 11 is 0. The van der Waals surface area contributed by atoms with Gasteiger partial charge in [-0.25, -0.2) is 4.79 Å². The number of carbonyl (C=O) groups excluding carboxylic acids is 2. The van der Waals surface area contributed by atoms with E-state index < -0.39 is 11.7 Å². The van der Waals surface area contributed by atoms with Crippen LogP contribution in [0.2, 0.25) is 0 Å². The SMILES string of the molecule is CCOC(=O)CNc1ccc(OC)nc1NCCNC(=O)OC(C)(C)C. The summed E-state index contributed by atoms with van der Waals surface area (Å²) in [6.07, 6.45) is -0.487. The number of ether oxygens (including phenoxy) is 3. The quantitative estimate of drug-likeness (QED) is 0.448. The highest BCUT2D eigenvalue weighted by atomic mass is 16.6. The zero-order valence-electron chi connectivity index (χ0n) is 16.0. The Kier molecular flexibility index (Phi) is 8.47. The van der Waals surface area contributed by atoms with E-state index >= 15 is 0 Å². The molecule has 0 unspecified atom stereocenters. The molecule has 3 N–H and O–H groups in total. The van der Waals surface area contributed by atoms with E-state index in [-0.39, 0.29) is 12.5 Å². The lowest BCUT2D eigenvalue weighted by atomic mass is 10.2. The van der Waals surface area contributed by atoms with Gasteiger partial charge in [-0.05, 0) is 33.8 Å². The minimum absolute atomic E-state index is 0.0205. The van der Waals surface area contributed by atoms with E-state index in [0.717, 1.165) is 0 Å². The number of methoxy groups -OCH3 is 1. The van der Waals surface area contributed by atoms with Gasteiger partial charge in [-0.15, -0.1) is 0 Å². The Morgan fingerprint density at radius 2 is 1.88 bits per heavy atom. The Morgan fingerprint density at radius 1 is 1.15 bits per heavy atom. The molecule has 0 aliphatic carbocycles. The number of hydrogen-bond donors (Lipinski definition) is 3. The van der Waals surface area contributed by atoms with E-state index in [0.29, 0.717) is 37.1 Å². The zero-order valence-corrected chi connectivity index (χ0v) is 16.0. The van der Waals surface area contributed by atoms with Gasteiger partial charge < -0.3 is 30.2 Å². The molecule has 1 aromatic rings. The summed E-state index contributed by atoms with van der Waals surface area (Å²) in [7, 11) is 1.52. The minimum Gasteiger partial charge on any atom is -0.481 e. The molecule has 0 saturated heterocycles. The molecule has 0 saturated carbocycles. The van der Waals surface area contributed by atoms with Crippen LogP contribution in [0, 0.1) is 0 Å². The molecule has 146 valence electrons. The average molecular weight is 368 g/mol. The second-order valence-corrected chi connectivity index (χ2v) is 6.26. The van der Waals surface area contributed by atoms with Crippen molar-refractivity contribution in [2.75, 3.05) is 44.0 Å². The van der Waals surface area contributed by atoms with Crippen LogP contribution in [-0.2, 0) is 14.3 Å². The van der Waals surface area contributed by atoms with E-state index in [1.165, 1.54) is 7.11 Å². The van der Waals surface area contributed by atoms with Crippen LogP contribution < -0.4 is 20.7 Å². The predicted molar refractivity (Wildman–Crippen MR) is 98.6 cm³/mol. The van der Waals surface area contributed by atoms with Gasteiger partial charge in [0.2, 0.25) is 5.88 Å². The molecule has 0 bridgehead atoms. The highest BCUT2D eigenvalue weighted by Crippen LogP contribution is 2.22. The maximum Gasteiger partial charge on any atom is 0.407 e. The summed E-state index contributed by atoms with van der Waals surface area (Å²) in [6, 6.07) is 3.42. The molecule has 26 heavy (non-hydrogen) atoms. The summed E-state index contributed by atoms with van der Waals surface area (Å²) < 4.78 is 15.2. The number of esters is 1. The van der Waals surface area contributed by atoms with E-state index in [4.69, 9.17) is 14.2 Å². The molecule has 1 aromatic heterocycles. The average Bonchev–Trinajstić information content (AvgIpc) is 2.56. The van der Waals surface area contributed by atoms with Gasteiger partial charge in [0.05, 0.1) is 19.4 Å². The number of aromatic nitrogens is 1. The molecule has 1 rings (SSSR count). The number of amides is 1. The first-order valence-corrected chi connectivity index (χ1v) is 8.40. The normalized spacial score (nSPS) is 10.7. The van der Waals surface area contributed by atoms with Crippen LogP contribution in [0.3, 0.4) is 0 Å². The second-order valence-electron chi connectivity index (χ2n) is 6.26. The summed E-state index contributed by atoms with van der Waals surface area (Å²) in [4.78, 5) is 27.4. The summed E-state index contributed by atoms with van der Waals surface area (Å²) in [5.41, 5.74) is 0.0758. The van der Waals surface area contributed by atoms with Crippen molar-refractivity contribution in [2.45, 2.75) is 33.3 Å². The lowest BCUT2D eigenvalue weighted by Gasteiger charge is -2.20. The number of carbonyl (C=O) groups is 2. The Hall–Kier alpha value is -2.71. The van der Waals surface area contributed by atoms with Crippen molar-refractivity contribution in [2.24, 2.45) is 0 Å². The Morgan fingerprint density at radius 3 is 2.50 bits per heavy atom. The number of pyridine rings is 1. The lowest BCUT2D eigenvalue weighted by molar-refractivity contribution is -0.140. The Bertz CT molecular complexity index is 601. The number of nitrogens with zero attached hydrogens (tertiary/aromatic N) is 1. The van der Waals surface area contributed by atoms with Gasteiger partial charge in [-0.3, -0.25) is 4.79 Å². The standard InChI is InChI=1S/C17H28N4O5/c1-6-25-14(22)11-20-12-7-8-13(24-5)21-15(12)18-9-10-19-16(23)26-17(2,3)4/h7-8,20H,6,9-11H2,1-5H3,(H,18,21)(H,19,23). The van der Waals surface area contributed by atoms with E-state index in [9.17, 15) is 9.59 Å². The smallest absolute Gasteiger partial charge is 0.407 e. The fraction of sp³-hybridized carbons (Fsp3) is 0.588. The molecule has 0 aliphatic rings. The first-order chi connectivity index (χ1) is 12.2. The van der Waals surface area contributed by atoms with Crippen molar-refractivity contribution in [1.82, 2.24) is 10.3 Å². The number of alkyl carbamates (subject to hydrolysis) is 1. The minimum atomic E-state index is -0.546. The number of rotatable bonds is 9. The molecular formula is C17H28N4O5. The second kappa shape index (κ2) is 10.3. The highest BCUT2D eigenvalue weighted by molar-refractivity contribution is 5.77. The topological polar surface area (TPSA) is 111 Å². The molecule has 0 radical (unpaired) electrons. The largest absolute Gasteiger partial charge is 0.481 e. The van der Waals surface area contributed by atoms with E-state index in [1.807, 2.05) is 0 Å². The van der Waals surface area contributed by atoms with Crippen LogP contribution in [0.1, 0.15) is 27.7 Å². The fourth-order valence-electron chi connectivity index (χ4n) is 1.87. The van der Waals surface area contributed by atoms with Crippen LogP contribution in [0.5, 0.6) is 5.88 Å². The fourth-order valence-corrected chi connectivity index (χ4v) is 1.87. The van der Waals surface area contributed by atoms with Gasteiger partial charge in [0.1, 0.15) is 12.1 Å². The van der Waals surface area contributed by atoms with Gasteiger partial charge in [-0.1, -0.05) is 0 Å². The molecule has 0 atom stereocenters. The van der Waals surface area contributed by atoms with Crippen LogP contribution in [0.4, 0.5) is 16.3 Å². The summed E-state index contributed by atoms with van der Waals surface area (Å²) in [5, 5.41) is 8.70. The van der Waals surface area contributed by atoms with E-state index in [2.05, 4.69) is 20.9 Å². The van der Waals surface area contributed by atoms with Crippen LogP contribution in [0.25, 0.3) is 0 Å². The predicted octanol–water partition coefficient (Wildman–Crippen LogP) is 2.00. The van der Waals surface area contributed by atoms with Crippen LogP contribution in [0.15, 0.2) is 12.1 Å². The lowest BCUT2D eigenvalue weighted by Crippen LogP contribution is -2.35. The van der Waals surface area contributed by atoms with Crippen molar-refractivity contribution in [1.29, 1.82) is 0 Å². The molecule has 9 nitrogen and oxygen atoms in total. The molecule has 0 aliphatic heterocycles. The summed E-state index contributed by atoms with van der Waals surface area (Å²) in [6.45, 7) is 8.23. The molecule has 9 heteroatoms. The first kappa shape index (κ1) is 21.3. The van der Waals surface area contributed by atoms with Crippen molar-refractivity contribution in [3.63, 3.8) is 0 Å². The maximum absolute atomic E-state index is 11.6. The van der Waals surface area contributed by atoms with Crippen LogP contribution >= 0.6 is 0 Å². The molecule has 0 fully saturated rings. The Balaban J connectivity index is 2.57. The van der Waals surface area contributed by atoms with Crippen molar-refractivity contribution < 1.29 is 23.8 Å². The van der Waals surface area contributed by atoms with Crippen LogP contribution in [-0.4, -0.2) is 56.0 Å². The third-order valence-electron chi connectivity index (χ3n) is 2.89. The number of hydrogen-bond acceptors (Lipinski definition) is 8. The van der Waals surface area contributed by atoms with Gasteiger partial charge in [-0.2, -0.15) is 4.98 Å². The monoisotopic (exact) mass is 368 g/mol. The maximum atomic E-state index is 11.6. The molecule has 0 spiro atoms. The van der Waals surface area contributed by atoms with Crippen molar-refractivity contribution in [3.8, 4) is 5.88 Å². The van der Waals surface area contributed by atoms with Gasteiger partial charge in [0.15, 0.2) is 5.82 Å². The molecule has 0 aromatic carbocycles. The number of nitrogens with one attached hydrogen (secondary N) is 3. The molecule has 1 amide bonds. The third kappa shape index (κ3) is 8.41. The zero-order chi connectivity index (χ0) is 19.6. The first-order valence-electron chi connectivity index (χ1n) is 8.40. The highest BCUT2D eigenvalue weighted by Gasteiger charge is 2.15. The van der Waals surface area contributed by atoms with Crippen molar-refractivity contribution in [3.05, 3.63) is 12.1 Å². The van der Waals surface area contributed by atoms with Gasteiger partial charge in [0.25, 0.3) is 0 Å². The number of anilines is 2. The summed E-state index contributed by atoms with van der Waals surface area (Å²) in [5.74, 6) is 0.565. The van der Waals surface area contributed by atoms with Gasteiger partial charge >= 0.3 is 12.1 Å².